The Labute approximate surface area is 162 Å². The topological polar surface area (TPSA) is 99.4 Å². The van der Waals surface area contributed by atoms with Crippen molar-refractivity contribution >= 4 is 21.6 Å². The van der Waals surface area contributed by atoms with E-state index in [1.165, 1.54) is 37.6 Å². The van der Waals surface area contributed by atoms with Gasteiger partial charge in [-0.3, -0.25) is 9.36 Å². The number of hydrogen-bond acceptors (Lipinski definition) is 5. The number of methoxy groups -OCH3 is 1. The third-order valence-corrected chi connectivity index (χ3v) is 5.83. The van der Waals surface area contributed by atoms with Gasteiger partial charge in [-0.05, 0) is 42.8 Å². The molecule has 28 heavy (non-hydrogen) atoms. The van der Waals surface area contributed by atoms with Crippen LogP contribution in [-0.4, -0.2) is 30.0 Å². The largest absolute Gasteiger partial charge is 0.497 e. The molecule has 0 aliphatic heterocycles. The minimum atomic E-state index is -4.08. The molecule has 1 amide bonds. The fourth-order valence-electron chi connectivity index (χ4n) is 2.62. The summed E-state index contributed by atoms with van der Waals surface area (Å²) in [7, 11) is -2.61. The van der Waals surface area contributed by atoms with Crippen molar-refractivity contribution in [3.8, 4) is 5.75 Å². The fourth-order valence-corrected chi connectivity index (χ4v) is 3.85. The number of amides is 1. The lowest BCUT2D eigenvalue weighted by atomic mass is 10.2. The first-order chi connectivity index (χ1) is 13.3. The summed E-state index contributed by atoms with van der Waals surface area (Å²) >= 11 is 0. The minimum Gasteiger partial charge on any atom is -0.497 e. The Morgan fingerprint density at radius 2 is 1.75 bits per heavy atom. The highest BCUT2D eigenvalue weighted by Gasteiger charge is 2.21. The van der Waals surface area contributed by atoms with Crippen molar-refractivity contribution in [1.29, 1.82) is 0 Å². The Balaban J connectivity index is 1.82. The highest BCUT2D eigenvalue weighted by molar-refractivity contribution is 7.90. The van der Waals surface area contributed by atoms with E-state index in [2.05, 4.69) is 5.32 Å². The quantitative estimate of drug-likeness (QED) is 0.679. The second-order valence-electron chi connectivity index (χ2n) is 6.05. The summed E-state index contributed by atoms with van der Waals surface area (Å²) in [5.74, 6) is 0.0627. The second kappa shape index (κ2) is 7.73. The SMILES string of the molecule is COc1ccc(S(=O)(=O)n2ccn(CC(=O)Nc3ccccc3C)c2=O)cc1. The summed E-state index contributed by atoms with van der Waals surface area (Å²) in [6.45, 7) is 1.54. The number of aryl methyl sites for hydroxylation is 1. The molecule has 0 spiro atoms. The molecule has 0 radical (unpaired) electrons. The maximum absolute atomic E-state index is 12.7. The van der Waals surface area contributed by atoms with Crippen molar-refractivity contribution in [3.63, 3.8) is 0 Å². The Kier molecular flexibility index (Phi) is 5.36. The first kappa shape index (κ1) is 19.4. The van der Waals surface area contributed by atoms with Gasteiger partial charge in [-0.1, -0.05) is 18.2 Å². The number of ether oxygens (including phenoxy) is 1. The molecule has 1 heterocycles. The van der Waals surface area contributed by atoms with Crippen LogP contribution in [0.5, 0.6) is 5.75 Å². The second-order valence-corrected chi connectivity index (χ2v) is 7.86. The van der Waals surface area contributed by atoms with Gasteiger partial charge in [-0.15, -0.1) is 0 Å². The van der Waals surface area contributed by atoms with Crippen LogP contribution in [0.1, 0.15) is 5.56 Å². The lowest BCUT2D eigenvalue weighted by Crippen LogP contribution is -2.32. The molecule has 8 nitrogen and oxygen atoms in total. The lowest BCUT2D eigenvalue weighted by molar-refractivity contribution is -0.116. The van der Waals surface area contributed by atoms with Crippen LogP contribution in [0.25, 0.3) is 0 Å². The Hall–Kier alpha value is -3.33. The van der Waals surface area contributed by atoms with Gasteiger partial charge in [0.15, 0.2) is 0 Å². The monoisotopic (exact) mass is 401 g/mol. The summed E-state index contributed by atoms with van der Waals surface area (Å²) in [6.07, 6.45) is 2.39. The molecule has 2 aromatic carbocycles. The summed E-state index contributed by atoms with van der Waals surface area (Å²) in [5.41, 5.74) is 0.685. The molecule has 0 unspecified atom stereocenters. The summed E-state index contributed by atoms with van der Waals surface area (Å²) in [4.78, 5) is 24.7. The van der Waals surface area contributed by atoms with Crippen LogP contribution in [0.3, 0.4) is 0 Å². The van der Waals surface area contributed by atoms with Crippen LogP contribution >= 0.6 is 0 Å². The number of rotatable bonds is 6. The third-order valence-electron chi connectivity index (χ3n) is 4.17. The zero-order valence-electron chi connectivity index (χ0n) is 15.3. The predicted octanol–water partition coefficient (Wildman–Crippen LogP) is 1.84. The number of carbonyl (C=O) groups excluding carboxylic acids is 1. The molecule has 1 N–H and O–H groups in total. The molecule has 3 aromatic rings. The van der Waals surface area contributed by atoms with Crippen LogP contribution < -0.4 is 15.7 Å². The van der Waals surface area contributed by atoms with E-state index in [4.69, 9.17) is 4.74 Å². The number of imidazole rings is 1. The number of carbonyl (C=O) groups is 1. The summed E-state index contributed by atoms with van der Waals surface area (Å²) in [6, 6.07) is 12.9. The molecule has 0 aliphatic rings. The number of benzene rings is 2. The van der Waals surface area contributed by atoms with Gasteiger partial charge in [0.1, 0.15) is 12.3 Å². The molecule has 1 aromatic heterocycles. The van der Waals surface area contributed by atoms with E-state index in [-0.39, 0.29) is 11.4 Å². The van der Waals surface area contributed by atoms with Gasteiger partial charge in [0.25, 0.3) is 10.0 Å². The third kappa shape index (κ3) is 3.84. The molecule has 9 heteroatoms. The molecule has 0 saturated carbocycles. The highest BCUT2D eigenvalue weighted by Crippen LogP contribution is 2.17. The van der Waals surface area contributed by atoms with Crippen molar-refractivity contribution in [1.82, 2.24) is 8.54 Å². The molecular formula is C19H19N3O5S. The van der Waals surface area contributed by atoms with Crippen LogP contribution in [0.4, 0.5) is 5.69 Å². The fraction of sp³-hybridized carbons (Fsp3) is 0.158. The summed E-state index contributed by atoms with van der Waals surface area (Å²) < 4.78 is 32.0. The van der Waals surface area contributed by atoms with Gasteiger partial charge >= 0.3 is 5.69 Å². The maximum atomic E-state index is 12.7. The zero-order chi connectivity index (χ0) is 20.3. The van der Waals surface area contributed by atoms with Gasteiger partial charge in [-0.2, -0.15) is 3.97 Å². The van der Waals surface area contributed by atoms with Crippen molar-refractivity contribution in [2.45, 2.75) is 18.4 Å². The van der Waals surface area contributed by atoms with E-state index < -0.39 is 21.6 Å². The average molecular weight is 401 g/mol. The number of para-hydroxylation sites is 1. The minimum absolute atomic E-state index is 0.0579. The standard InChI is InChI=1S/C19H19N3O5S/c1-14-5-3-4-6-17(14)20-18(23)13-21-11-12-22(19(21)24)28(25,26)16-9-7-15(27-2)8-10-16/h3-12H,13H2,1-2H3,(H,20,23). The van der Waals surface area contributed by atoms with Crippen molar-refractivity contribution in [2.75, 3.05) is 12.4 Å². The zero-order valence-corrected chi connectivity index (χ0v) is 16.1. The van der Waals surface area contributed by atoms with Crippen LogP contribution in [0.15, 0.2) is 70.6 Å². The molecule has 0 atom stereocenters. The molecule has 0 fully saturated rings. The molecular weight excluding hydrogens is 382 g/mol. The first-order valence-electron chi connectivity index (χ1n) is 8.36. The number of aromatic nitrogens is 2. The van der Waals surface area contributed by atoms with Gasteiger partial charge in [-0.25, -0.2) is 13.2 Å². The number of anilines is 1. The maximum Gasteiger partial charge on any atom is 0.342 e. The average Bonchev–Trinajstić information content (AvgIpc) is 3.04. The Bertz CT molecular complexity index is 1160. The van der Waals surface area contributed by atoms with E-state index in [0.717, 1.165) is 16.3 Å². The van der Waals surface area contributed by atoms with Gasteiger partial charge in [0.2, 0.25) is 5.91 Å². The van der Waals surface area contributed by atoms with Gasteiger partial charge in [0.05, 0.1) is 12.0 Å². The van der Waals surface area contributed by atoms with Crippen molar-refractivity contribution < 1.29 is 17.9 Å². The van der Waals surface area contributed by atoms with Gasteiger partial charge < -0.3 is 10.1 Å². The Morgan fingerprint density at radius 1 is 1.07 bits per heavy atom. The van der Waals surface area contributed by atoms with Crippen LogP contribution in [0.2, 0.25) is 0 Å². The van der Waals surface area contributed by atoms with Crippen molar-refractivity contribution in [3.05, 3.63) is 77.0 Å². The molecule has 146 valence electrons. The normalized spacial score (nSPS) is 11.2. The number of nitrogens with one attached hydrogen (secondary N) is 1. The van der Waals surface area contributed by atoms with E-state index >= 15 is 0 Å². The first-order valence-corrected chi connectivity index (χ1v) is 9.80. The molecule has 0 bridgehead atoms. The molecule has 0 aliphatic carbocycles. The lowest BCUT2D eigenvalue weighted by Gasteiger charge is -2.08. The summed E-state index contributed by atoms with van der Waals surface area (Å²) in [5, 5.41) is 2.71. The smallest absolute Gasteiger partial charge is 0.342 e. The van der Waals surface area contributed by atoms with E-state index in [1.54, 1.807) is 12.1 Å². The molecule has 3 rings (SSSR count). The predicted molar refractivity (Wildman–Crippen MR) is 104 cm³/mol. The van der Waals surface area contributed by atoms with Crippen molar-refractivity contribution in [2.24, 2.45) is 0 Å². The van der Waals surface area contributed by atoms with E-state index in [9.17, 15) is 18.0 Å². The van der Waals surface area contributed by atoms with Gasteiger partial charge in [0, 0.05) is 18.1 Å². The van der Waals surface area contributed by atoms with Crippen LogP contribution in [-0.2, 0) is 21.4 Å². The van der Waals surface area contributed by atoms with Crippen LogP contribution in [0, 0.1) is 6.92 Å². The van der Waals surface area contributed by atoms with E-state index in [1.807, 2.05) is 19.1 Å². The highest BCUT2D eigenvalue weighted by atomic mass is 32.2. The number of hydrogen-bond donors (Lipinski definition) is 1. The Morgan fingerprint density at radius 3 is 2.39 bits per heavy atom. The molecule has 0 saturated heterocycles. The van der Waals surface area contributed by atoms with E-state index in [0.29, 0.717) is 15.4 Å². The number of nitrogens with zero attached hydrogens (tertiary/aromatic N) is 2.